The number of hydrogen-bond donors (Lipinski definition) is 1. The zero-order valence-corrected chi connectivity index (χ0v) is 16.3. The van der Waals surface area contributed by atoms with Crippen LogP contribution in [0.2, 0.25) is 0 Å². The number of ether oxygens (including phenoxy) is 2. The first kappa shape index (κ1) is 18.9. The third kappa shape index (κ3) is 3.48. The molecule has 0 saturated carbocycles. The van der Waals surface area contributed by atoms with Gasteiger partial charge in [0.25, 0.3) is 0 Å². The van der Waals surface area contributed by atoms with Crippen molar-refractivity contribution >= 4 is 0 Å². The van der Waals surface area contributed by atoms with E-state index in [-0.39, 0.29) is 6.61 Å². The van der Waals surface area contributed by atoms with Crippen LogP contribution in [0.1, 0.15) is 36.8 Å². The van der Waals surface area contributed by atoms with Crippen LogP contribution in [0, 0.1) is 12.3 Å². The van der Waals surface area contributed by atoms with Crippen LogP contribution in [0.3, 0.4) is 0 Å². The van der Waals surface area contributed by atoms with Crippen LogP contribution in [0.25, 0.3) is 0 Å². The van der Waals surface area contributed by atoms with Gasteiger partial charge >= 0.3 is 0 Å². The van der Waals surface area contributed by atoms with E-state index in [1.807, 2.05) is 42.5 Å². The first-order valence-electron chi connectivity index (χ1n) is 9.90. The fourth-order valence-electron chi connectivity index (χ4n) is 4.91. The van der Waals surface area contributed by atoms with E-state index in [0.29, 0.717) is 12.1 Å². The van der Waals surface area contributed by atoms with E-state index in [9.17, 15) is 5.11 Å². The predicted octanol–water partition coefficient (Wildman–Crippen LogP) is 3.72. The summed E-state index contributed by atoms with van der Waals surface area (Å²) in [5, 5.41) is 11.5. The first-order chi connectivity index (χ1) is 13.6. The molecule has 0 amide bonds. The largest absolute Gasteiger partial charge is 0.496 e. The van der Waals surface area contributed by atoms with Crippen molar-refractivity contribution in [2.24, 2.45) is 0 Å². The molecule has 2 saturated heterocycles. The van der Waals surface area contributed by atoms with Gasteiger partial charge in [0.05, 0.1) is 12.7 Å². The van der Waals surface area contributed by atoms with Gasteiger partial charge in [-0.1, -0.05) is 42.3 Å². The van der Waals surface area contributed by atoms with E-state index >= 15 is 0 Å². The Labute approximate surface area is 167 Å². The summed E-state index contributed by atoms with van der Waals surface area (Å²) in [5.41, 5.74) is 1.22. The molecule has 2 fully saturated rings. The molecule has 2 bridgehead atoms. The Bertz CT molecular complexity index is 858. The van der Waals surface area contributed by atoms with Gasteiger partial charge in [-0.25, -0.2) is 0 Å². The number of rotatable bonds is 6. The number of terminal acetylenes is 1. The van der Waals surface area contributed by atoms with E-state index in [1.165, 1.54) is 0 Å². The fourth-order valence-corrected chi connectivity index (χ4v) is 4.91. The summed E-state index contributed by atoms with van der Waals surface area (Å²) in [6.45, 7) is 1.09. The molecule has 2 aliphatic heterocycles. The predicted molar refractivity (Wildman–Crippen MR) is 109 cm³/mol. The molecule has 2 aliphatic rings. The molecule has 4 rings (SSSR count). The maximum Gasteiger partial charge on any atom is 0.148 e. The molecule has 3 atom stereocenters. The molecule has 2 heterocycles. The van der Waals surface area contributed by atoms with Gasteiger partial charge in [-0.2, -0.15) is 0 Å². The van der Waals surface area contributed by atoms with Crippen molar-refractivity contribution in [3.05, 3.63) is 59.7 Å². The molecule has 4 nitrogen and oxygen atoms in total. The van der Waals surface area contributed by atoms with Crippen molar-refractivity contribution < 1.29 is 14.6 Å². The highest BCUT2D eigenvalue weighted by molar-refractivity contribution is 5.39. The summed E-state index contributed by atoms with van der Waals surface area (Å²) in [6, 6.07) is 16.6. The summed E-state index contributed by atoms with van der Waals surface area (Å²) in [6.07, 6.45) is 9.00. The highest BCUT2D eigenvalue weighted by Crippen LogP contribution is 2.48. The molecule has 0 aromatic heterocycles. The lowest BCUT2D eigenvalue weighted by molar-refractivity contribution is -0.0607. The number of para-hydroxylation sites is 2. The molecule has 2 aromatic rings. The fraction of sp³-hybridized carbons (Fsp3) is 0.417. The summed E-state index contributed by atoms with van der Waals surface area (Å²) in [4.78, 5) is 2.53. The van der Waals surface area contributed by atoms with Crippen LogP contribution < -0.4 is 9.47 Å². The Kier molecular flexibility index (Phi) is 5.30. The quantitative estimate of drug-likeness (QED) is 0.779. The Morgan fingerprint density at radius 3 is 2.39 bits per heavy atom. The number of piperidine rings is 1. The summed E-state index contributed by atoms with van der Waals surface area (Å²) in [5.74, 6) is 4.16. The third-order valence-corrected chi connectivity index (χ3v) is 6.16. The summed E-state index contributed by atoms with van der Waals surface area (Å²) in [7, 11) is 1.67. The second-order valence-electron chi connectivity index (χ2n) is 7.80. The van der Waals surface area contributed by atoms with E-state index in [4.69, 9.17) is 15.9 Å². The highest BCUT2D eigenvalue weighted by atomic mass is 16.5. The molecular formula is C24H27NO3. The van der Waals surface area contributed by atoms with Crippen molar-refractivity contribution in [3.63, 3.8) is 0 Å². The first-order valence-corrected chi connectivity index (χ1v) is 9.90. The SMILES string of the molecule is C#CCOc1ccccc1CN1[C@@H]2CC[C@H]1CC(O)(c1ccccc1OC)C2. The van der Waals surface area contributed by atoms with Crippen molar-refractivity contribution in [1.82, 2.24) is 4.90 Å². The number of hydrogen-bond acceptors (Lipinski definition) is 4. The minimum absolute atomic E-state index is 0.275. The van der Waals surface area contributed by atoms with Crippen LogP contribution >= 0.6 is 0 Å². The Morgan fingerprint density at radius 2 is 1.71 bits per heavy atom. The lowest BCUT2D eigenvalue weighted by Gasteiger charge is -2.44. The molecule has 2 aromatic carbocycles. The molecule has 0 radical (unpaired) electrons. The van der Waals surface area contributed by atoms with Crippen LogP contribution in [0.5, 0.6) is 11.5 Å². The monoisotopic (exact) mass is 377 g/mol. The highest BCUT2D eigenvalue weighted by Gasteiger charge is 2.49. The third-order valence-electron chi connectivity index (χ3n) is 6.16. The molecule has 0 aliphatic carbocycles. The normalized spacial score (nSPS) is 26.6. The van der Waals surface area contributed by atoms with Gasteiger partial charge in [-0.05, 0) is 37.8 Å². The second kappa shape index (κ2) is 7.87. The van der Waals surface area contributed by atoms with Gasteiger partial charge in [-0.3, -0.25) is 4.90 Å². The molecule has 28 heavy (non-hydrogen) atoms. The van der Waals surface area contributed by atoms with Crippen molar-refractivity contribution in [3.8, 4) is 23.8 Å². The zero-order chi connectivity index (χ0) is 19.6. The van der Waals surface area contributed by atoms with Gasteiger partial charge in [0.15, 0.2) is 0 Å². The number of aliphatic hydroxyl groups is 1. The van der Waals surface area contributed by atoms with Crippen LogP contribution in [0.4, 0.5) is 0 Å². The topological polar surface area (TPSA) is 41.9 Å². The lowest BCUT2D eigenvalue weighted by Crippen LogP contribution is -2.49. The molecule has 1 N–H and O–H groups in total. The standard InChI is InChI=1S/C24H27NO3/c1-3-14-28-22-10-6-4-8-18(22)17-25-19-12-13-20(25)16-24(26,15-19)21-9-5-7-11-23(21)27-2/h1,4-11,19-20,26H,12-17H2,2H3/t19-,20+,24?. The van der Waals surface area contributed by atoms with Crippen LogP contribution in [-0.2, 0) is 12.1 Å². The van der Waals surface area contributed by atoms with E-state index in [1.54, 1.807) is 7.11 Å². The molecule has 146 valence electrons. The lowest BCUT2D eigenvalue weighted by atomic mass is 9.80. The van der Waals surface area contributed by atoms with Gasteiger partial charge < -0.3 is 14.6 Å². The van der Waals surface area contributed by atoms with Gasteiger partial charge in [-0.15, -0.1) is 6.42 Å². The van der Waals surface area contributed by atoms with Gasteiger partial charge in [0.1, 0.15) is 18.1 Å². The van der Waals surface area contributed by atoms with Crippen molar-refractivity contribution in [1.29, 1.82) is 0 Å². The summed E-state index contributed by atoms with van der Waals surface area (Å²) >= 11 is 0. The van der Waals surface area contributed by atoms with Crippen molar-refractivity contribution in [2.75, 3.05) is 13.7 Å². The summed E-state index contributed by atoms with van der Waals surface area (Å²) < 4.78 is 11.3. The minimum atomic E-state index is -0.839. The maximum absolute atomic E-state index is 11.5. The Balaban J connectivity index is 1.55. The van der Waals surface area contributed by atoms with Gasteiger partial charge in [0.2, 0.25) is 0 Å². The Morgan fingerprint density at radius 1 is 1.07 bits per heavy atom. The average molecular weight is 377 g/mol. The minimum Gasteiger partial charge on any atom is -0.496 e. The molecular weight excluding hydrogens is 350 g/mol. The maximum atomic E-state index is 11.5. The number of nitrogens with zero attached hydrogens (tertiary/aromatic N) is 1. The second-order valence-corrected chi connectivity index (χ2v) is 7.80. The van der Waals surface area contributed by atoms with E-state index < -0.39 is 5.60 Å². The molecule has 1 unspecified atom stereocenters. The molecule has 0 spiro atoms. The van der Waals surface area contributed by atoms with E-state index in [0.717, 1.165) is 54.9 Å². The average Bonchev–Trinajstić information content (AvgIpc) is 2.96. The number of fused-ring (bicyclic) bond motifs is 2. The molecule has 4 heteroatoms. The van der Waals surface area contributed by atoms with Crippen molar-refractivity contribution in [2.45, 2.75) is 49.9 Å². The smallest absolute Gasteiger partial charge is 0.148 e. The zero-order valence-electron chi connectivity index (χ0n) is 16.3. The Hall–Kier alpha value is -2.48. The van der Waals surface area contributed by atoms with Crippen LogP contribution in [0.15, 0.2) is 48.5 Å². The van der Waals surface area contributed by atoms with E-state index in [2.05, 4.69) is 16.9 Å². The van der Waals surface area contributed by atoms with Gasteiger partial charge in [0, 0.05) is 29.8 Å². The number of methoxy groups -OCH3 is 1. The number of benzene rings is 2. The van der Waals surface area contributed by atoms with Crippen LogP contribution in [-0.4, -0.2) is 35.8 Å².